The van der Waals surface area contributed by atoms with Crippen molar-refractivity contribution in [3.8, 4) is 11.5 Å². The van der Waals surface area contributed by atoms with Crippen LogP contribution in [-0.4, -0.2) is 32.1 Å². The average Bonchev–Trinajstić information content (AvgIpc) is 2.43. The molecule has 0 heterocycles. The van der Waals surface area contributed by atoms with Crippen LogP contribution in [0.3, 0.4) is 0 Å². The number of carbonyl (C=O) groups is 2. The number of ether oxygens (including phenoxy) is 3. The molecule has 0 aliphatic rings. The second-order valence-electron chi connectivity index (χ2n) is 3.75. The van der Waals surface area contributed by atoms with Crippen LogP contribution in [0.5, 0.6) is 11.5 Å². The molecule has 0 saturated heterocycles. The summed E-state index contributed by atoms with van der Waals surface area (Å²) in [6.45, 7) is 3.11. The zero-order valence-corrected chi connectivity index (χ0v) is 11.2. The average molecular weight is 288 g/mol. The lowest BCUT2D eigenvalue weighted by molar-refractivity contribution is -0.150. The van der Waals surface area contributed by atoms with Gasteiger partial charge in [-0.3, -0.25) is 4.79 Å². The number of esters is 1. The molecule has 1 atom stereocenters. The Morgan fingerprint density at radius 1 is 1.45 bits per heavy atom. The van der Waals surface area contributed by atoms with Gasteiger partial charge in [0.2, 0.25) is 0 Å². The Balaban J connectivity index is 3.19. The Hall–Kier alpha value is -2.18. The number of aldehydes is 1. The van der Waals surface area contributed by atoms with Gasteiger partial charge in [0.15, 0.2) is 35.5 Å². The lowest BCUT2D eigenvalue weighted by Gasteiger charge is -2.17. The summed E-state index contributed by atoms with van der Waals surface area (Å²) in [5.41, 5.74) is -0.655. The summed E-state index contributed by atoms with van der Waals surface area (Å²) >= 11 is 0. The molecule has 20 heavy (non-hydrogen) atoms. The van der Waals surface area contributed by atoms with Gasteiger partial charge in [-0.05, 0) is 13.8 Å². The van der Waals surface area contributed by atoms with Crippen molar-refractivity contribution in [1.29, 1.82) is 0 Å². The van der Waals surface area contributed by atoms with E-state index in [0.717, 1.165) is 6.07 Å². The van der Waals surface area contributed by atoms with E-state index in [-0.39, 0.29) is 24.4 Å². The molecule has 1 unspecified atom stereocenters. The molecule has 0 spiro atoms. The molecule has 0 saturated carbocycles. The van der Waals surface area contributed by atoms with Gasteiger partial charge in [0, 0.05) is 6.07 Å². The third-order valence-electron chi connectivity index (χ3n) is 2.42. The number of methoxy groups -OCH3 is 1. The number of rotatable bonds is 6. The van der Waals surface area contributed by atoms with E-state index < -0.39 is 29.3 Å². The van der Waals surface area contributed by atoms with Crippen LogP contribution in [0.25, 0.3) is 0 Å². The topological polar surface area (TPSA) is 61.8 Å². The van der Waals surface area contributed by atoms with Gasteiger partial charge in [-0.15, -0.1) is 0 Å². The van der Waals surface area contributed by atoms with Gasteiger partial charge in [0.05, 0.1) is 19.3 Å². The Morgan fingerprint density at radius 3 is 2.60 bits per heavy atom. The first-order chi connectivity index (χ1) is 9.46. The lowest BCUT2D eigenvalue weighted by atomic mass is 10.1. The highest BCUT2D eigenvalue weighted by molar-refractivity contribution is 5.82. The molecule has 5 nitrogen and oxygen atoms in total. The second-order valence-corrected chi connectivity index (χ2v) is 3.75. The van der Waals surface area contributed by atoms with E-state index in [9.17, 15) is 18.4 Å². The molecule has 7 heteroatoms. The van der Waals surface area contributed by atoms with E-state index in [2.05, 4.69) is 0 Å². The molecule has 110 valence electrons. The fourth-order valence-electron chi connectivity index (χ4n) is 1.47. The molecule has 0 fully saturated rings. The van der Waals surface area contributed by atoms with Gasteiger partial charge in [-0.25, -0.2) is 13.6 Å². The van der Waals surface area contributed by atoms with Gasteiger partial charge < -0.3 is 14.2 Å². The van der Waals surface area contributed by atoms with Crippen LogP contribution in [0.1, 0.15) is 24.2 Å². The molecule has 1 aromatic rings. The van der Waals surface area contributed by atoms with Crippen molar-refractivity contribution in [3.63, 3.8) is 0 Å². The molecule has 0 aliphatic heterocycles. The fraction of sp³-hybridized carbons (Fsp3) is 0.385. The maximum atomic E-state index is 13.5. The molecule has 0 radical (unpaired) electrons. The maximum absolute atomic E-state index is 13.5. The first kappa shape index (κ1) is 15.9. The normalized spacial score (nSPS) is 11.7. The van der Waals surface area contributed by atoms with Crippen LogP contribution in [0, 0.1) is 11.6 Å². The SMILES string of the molecule is CCOC(=O)C(C)Oc1c(OC)cc(F)c(F)c1C=O. The van der Waals surface area contributed by atoms with Crippen LogP contribution in [0.15, 0.2) is 6.07 Å². The van der Waals surface area contributed by atoms with Gasteiger partial charge in [0.25, 0.3) is 0 Å². The smallest absolute Gasteiger partial charge is 0.347 e. The minimum atomic E-state index is -1.37. The van der Waals surface area contributed by atoms with E-state index >= 15 is 0 Å². The van der Waals surface area contributed by atoms with Crippen LogP contribution in [0.2, 0.25) is 0 Å². The van der Waals surface area contributed by atoms with E-state index in [4.69, 9.17) is 14.2 Å². The summed E-state index contributed by atoms with van der Waals surface area (Å²) in [7, 11) is 1.20. The monoisotopic (exact) mass is 288 g/mol. The molecule has 0 N–H and O–H groups in total. The Bertz CT molecular complexity index is 516. The van der Waals surface area contributed by atoms with Crippen molar-refractivity contribution in [2.24, 2.45) is 0 Å². The van der Waals surface area contributed by atoms with Gasteiger partial charge in [0.1, 0.15) is 0 Å². The molecular formula is C13H14F2O5. The van der Waals surface area contributed by atoms with E-state index in [1.54, 1.807) is 6.92 Å². The van der Waals surface area contributed by atoms with Crippen LogP contribution >= 0.6 is 0 Å². The molecule has 0 aromatic heterocycles. The standard InChI is InChI=1S/C13H14F2O5/c1-4-19-13(17)7(2)20-12-8(6-16)11(15)9(14)5-10(12)18-3/h5-7H,4H2,1-3H3. The predicted molar refractivity (Wildman–Crippen MR) is 65.0 cm³/mol. The number of halogens is 2. The van der Waals surface area contributed by atoms with E-state index in [1.165, 1.54) is 14.0 Å². The summed E-state index contributed by atoms with van der Waals surface area (Å²) in [6, 6.07) is 0.732. The van der Waals surface area contributed by atoms with Crippen molar-refractivity contribution in [3.05, 3.63) is 23.3 Å². The van der Waals surface area contributed by atoms with Crippen molar-refractivity contribution < 1.29 is 32.6 Å². The zero-order valence-electron chi connectivity index (χ0n) is 11.2. The van der Waals surface area contributed by atoms with Crippen molar-refractivity contribution in [2.75, 3.05) is 13.7 Å². The predicted octanol–water partition coefficient (Wildman–Crippen LogP) is 2.12. The quantitative estimate of drug-likeness (QED) is 0.592. The third-order valence-corrected chi connectivity index (χ3v) is 2.42. The van der Waals surface area contributed by atoms with Gasteiger partial charge in [-0.1, -0.05) is 0 Å². The highest BCUT2D eigenvalue weighted by Crippen LogP contribution is 2.34. The molecule has 0 bridgehead atoms. The second kappa shape index (κ2) is 6.83. The van der Waals surface area contributed by atoms with Gasteiger partial charge in [-0.2, -0.15) is 0 Å². The Morgan fingerprint density at radius 2 is 2.10 bits per heavy atom. The summed E-state index contributed by atoms with van der Waals surface area (Å²) in [4.78, 5) is 22.3. The van der Waals surface area contributed by atoms with Crippen molar-refractivity contribution >= 4 is 12.3 Å². The third kappa shape index (κ3) is 3.23. The summed E-state index contributed by atoms with van der Waals surface area (Å²) in [6.07, 6.45) is -1.01. The first-order valence-corrected chi connectivity index (χ1v) is 5.80. The van der Waals surface area contributed by atoms with Crippen molar-refractivity contribution in [2.45, 2.75) is 20.0 Å². The number of carbonyl (C=O) groups excluding carboxylic acids is 2. The zero-order chi connectivity index (χ0) is 15.3. The minimum absolute atomic E-state index is 0.0914. The molecule has 0 amide bonds. The molecule has 1 rings (SSSR count). The molecule has 0 aliphatic carbocycles. The van der Waals surface area contributed by atoms with E-state index in [1.807, 2.05) is 0 Å². The highest BCUT2D eigenvalue weighted by atomic mass is 19.2. The number of benzene rings is 1. The van der Waals surface area contributed by atoms with Gasteiger partial charge >= 0.3 is 5.97 Å². The Labute approximate surface area is 114 Å². The summed E-state index contributed by atoms with van der Waals surface area (Å²) in [5.74, 6) is -3.85. The molecular weight excluding hydrogens is 274 g/mol. The minimum Gasteiger partial charge on any atom is -0.493 e. The van der Waals surface area contributed by atoms with Crippen LogP contribution in [-0.2, 0) is 9.53 Å². The highest BCUT2D eigenvalue weighted by Gasteiger charge is 2.24. The van der Waals surface area contributed by atoms with E-state index in [0.29, 0.717) is 0 Å². The fourth-order valence-corrected chi connectivity index (χ4v) is 1.47. The lowest BCUT2D eigenvalue weighted by Crippen LogP contribution is -2.27. The first-order valence-electron chi connectivity index (χ1n) is 5.80. The largest absolute Gasteiger partial charge is 0.493 e. The summed E-state index contributed by atoms with van der Waals surface area (Å²) < 4.78 is 41.5. The Kier molecular flexibility index (Phi) is 5.42. The molecule has 1 aromatic carbocycles. The van der Waals surface area contributed by atoms with Crippen molar-refractivity contribution in [1.82, 2.24) is 0 Å². The summed E-state index contributed by atoms with van der Waals surface area (Å²) in [5, 5.41) is 0. The van der Waals surface area contributed by atoms with Crippen LogP contribution in [0.4, 0.5) is 8.78 Å². The number of hydrogen-bond donors (Lipinski definition) is 0. The van der Waals surface area contributed by atoms with Crippen LogP contribution < -0.4 is 9.47 Å². The number of hydrogen-bond acceptors (Lipinski definition) is 5. The maximum Gasteiger partial charge on any atom is 0.347 e.